The second-order valence-electron chi connectivity index (χ2n) is 16.8. The molecule has 26 heteroatoms. The number of hydrogen-bond acceptors (Lipinski definition) is 22. The zero-order valence-electron chi connectivity index (χ0n) is 44.5. The third-order valence-corrected chi connectivity index (χ3v) is 11.7. The molecular formula is C52H78ClN3O22. The topological polar surface area (TPSA) is 298 Å². The molecule has 0 saturated carbocycles. The number of fused-ring (bicyclic) bond motifs is 4. The zero-order valence-corrected chi connectivity index (χ0v) is 45.2. The van der Waals surface area contributed by atoms with Crippen LogP contribution in [0.2, 0.25) is 0 Å². The van der Waals surface area contributed by atoms with E-state index in [0.29, 0.717) is 145 Å². The molecule has 78 heavy (non-hydrogen) atoms. The first-order valence-corrected chi connectivity index (χ1v) is 26.6. The van der Waals surface area contributed by atoms with E-state index in [2.05, 4.69) is 9.97 Å². The van der Waals surface area contributed by atoms with Gasteiger partial charge in [-0.25, -0.2) is 4.79 Å². The number of anilines is 1. The van der Waals surface area contributed by atoms with E-state index in [0.717, 1.165) is 0 Å². The van der Waals surface area contributed by atoms with Crippen molar-refractivity contribution in [2.45, 2.75) is 5.92 Å². The number of phenolic OH excluding ortho intramolecular Hbond substituents is 1. The number of alkyl halides is 1. The molecule has 2 aromatic heterocycles. The van der Waals surface area contributed by atoms with E-state index in [-0.39, 0.29) is 139 Å². The lowest BCUT2D eigenvalue weighted by molar-refractivity contribution is -0.00893. The SMILES string of the molecule is COC(=O)c1cc2c3c(cc(O)c2[nH]1)N(C(=O)c1cc2cc(OCCOCCOCCOCCOCCO)c(OCCOCCOCCOCCOCCO)c(OCCOCCOCCOCCOCCO)c2[nH]1)C[C@H]3CCl. The number of carbonyl (C=O) groups is 2. The van der Waals surface area contributed by atoms with Crippen LogP contribution in [0.5, 0.6) is 23.0 Å². The van der Waals surface area contributed by atoms with E-state index in [9.17, 15) is 14.7 Å². The Labute approximate surface area is 458 Å². The van der Waals surface area contributed by atoms with Gasteiger partial charge in [0.15, 0.2) is 11.5 Å². The van der Waals surface area contributed by atoms with Gasteiger partial charge in [0.2, 0.25) is 5.75 Å². The Kier molecular flexibility index (Phi) is 32.0. The van der Waals surface area contributed by atoms with Gasteiger partial charge in [0, 0.05) is 35.2 Å². The van der Waals surface area contributed by atoms with Crippen LogP contribution in [0.1, 0.15) is 32.5 Å². The second kappa shape index (κ2) is 38.9. The lowest BCUT2D eigenvalue weighted by Crippen LogP contribution is -2.30. The first kappa shape index (κ1) is 64.2. The Morgan fingerprint density at radius 1 is 0.513 bits per heavy atom. The summed E-state index contributed by atoms with van der Waals surface area (Å²) in [5, 5.41) is 38.7. The van der Waals surface area contributed by atoms with Crippen LogP contribution in [0.15, 0.2) is 24.3 Å². The molecular weight excluding hydrogens is 1050 g/mol. The number of esters is 1. The van der Waals surface area contributed by atoms with Crippen molar-refractivity contribution in [3.63, 3.8) is 0 Å². The summed E-state index contributed by atoms with van der Waals surface area (Å²) < 4.78 is 90.3. The van der Waals surface area contributed by atoms with Gasteiger partial charge in [0.05, 0.1) is 202 Å². The van der Waals surface area contributed by atoms with Crippen molar-refractivity contribution in [2.24, 2.45) is 0 Å². The molecule has 0 bridgehead atoms. The summed E-state index contributed by atoms with van der Waals surface area (Å²) in [5.74, 6) is -0.628. The molecule has 0 aliphatic carbocycles. The predicted molar refractivity (Wildman–Crippen MR) is 282 cm³/mol. The molecule has 440 valence electrons. The van der Waals surface area contributed by atoms with Crippen LogP contribution < -0.4 is 19.1 Å². The number of aliphatic hydroxyl groups is 3. The zero-order chi connectivity index (χ0) is 55.4. The highest BCUT2D eigenvalue weighted by atomic mass is 35.5. The highest BCUT2D eigenvalue weighted by Gasteiger charge is 2.37. The first-order chi connectivity index (χ1) is 38.4. The van der Waals surface area contributed by atoms with Crippen molar-refractivity contribution in [1.29, 1.82) is 0 Å². The average Bonchev–Trinajstić information content (AvgIpc) is 4.20. The number of ether oxygens (including phenoxy) is 16. The number of nitrogens with one attached hydrogen (secondary N) is 2. The Balaban J connectivity index is 1.29. The van der Waals surface area contributed by atoms with Crippen LogP contribution in [0.25, 0.3) is 21.8 Å². The lowest BCUT2D eigenvalue weighted by Gasteiger charge is -2.18. The van der Waals surface area contributed by atoms with Gasteiger partial charge in [0.1, 0.15) is 37.0 Å². The van der Waals surface area contributed by atoms with Gasteiger partial charge in [-0.2, -0.15) is 0 Å². The molecule has 25 nitrogen and oxygen atoms in total. The Hall–Kier alpha value is -4.65. The van der Waals surface area contributed by atoms with Crippen LogP contribution >= 0.6 is 11.6 Å². The number of methoxy groups -OCH3 is 1. The fourth-order valence-corrected chi connectivity index (χ4v) is 8.08. The number of carbonyl (C=O) groups excluding carboxylic acids is 2. The van der Waals surface area contributed by atoms with E-state index >= 15 is 0 Å². The maximum absolute atomic E-state index is 14.7. The predicted octanol–water partition coefficient (Wildman–Crippen LogP) is 2.44. The number of H-pyrrole nitrogens is 2. The Morgan fingerprint density at radius 2 is 0.910 bits per heavy atom. The van der Waals surface area contributed by atoms with Crippen molar-refractivity contribution in [1.82, 2.24) is 9.97 Å². The Morgan fingerprint density at radius 3 is 1.33 bits per heavy atom. The summed E-state index contributed by atoms with van der Waals surface area (Å²) in [4.78, 5) is 34.9. The monoisotopic (exact) mass is 1130 g/mol. The molecule has 0 saturated heterocycles. The van der Waals surface area contributed by atoms with Crippen molar-refractivity contribution in [3.8, 4) is 23.0 Å². The fraction of sp³-hybridized carbons (Fsp3) is 0.654. The number of amides is 1. The largest absolute Gasteiger partial charge is 0.506 e. The highest BCUT2D eigenvalue weighted by molar-refractivity contribution is 6.19. The standard InChI is InChI=1S/C52H78ClN3O22/c1-63-52(62)42-34-40-46-39(36-53)37-56(43(46)35-44(60)48(40)55-42)51(61)41-32-38-33-45(76-29-26-73-23-20-70-17-14-67-11-8-64-5-2-57)49(77-30-27-74-24-21-71-18-15-68-12-9-65-6-3-58)50(47(38)54-41)78-31-28-75-25-22-72-19-16-69-13-10-66-7-4-59/h32-35,39,54-55,57-60H,2-31,36-37H2,1H3/t39-/m1/s1. The number of phenols is 1. The average molecular weight is 1130 g/mol. The van der Waals surface area contributed by atoms with Gasteiger partial charge in [-0.05, 0) is 23.8 Å². The van der Waals surface area contributed by atoms with Crippen LogP contribution in [0.3, 0.4) is 0 Å². The number of halogens is 1. The van der Waals surface area contributed by atoms with E-state index in [1.807, 2.05) is 0 Å². The molecule has 1 amide bonds. The molecule has 3 heterocycles. The van der Waals surface area contributed by atoms with Crippen LogP contribution in [0, 0.1) is 0 Å². The first-order valence-electron chi connectivity index (χ1n) is 26.0. The molecule has 2 aromatic carbocycles. The molecule has 0 fully saturated rings. The second-order valence-corrected chi connectivity index (χ2v) is 17.1. The number of nitrogens with zero attached hydrogens (tertiary/aromatic N) is 1. The maximum Gasteiger partial charge on any atom is 0.354 e. The van der Waals surface area contributed by atoms with Gasteiger partial charge >= 0.3 is 5.97 Å². The molecule has 0 spiro atoms. The third kappa shape index (κ3) is 21.8. The third-order valence-electron chi connectivity index (χ3n) is 11.4. The highest BCUT2D eigenvalue weighted by Crippen LogP contribution is 2.47. The number of aromatic amines is 2. The summed E-state index contributed by atoms with van der Waals surface area (Å²) in [7, 11) is 1.26. The number of benzene rings is 2. The molecule has 1 aliphatic rings. The normalized spacial score (nSPS) is 13.3. The van der Waals surface area contributed by atoms with E-state index in [1.165, 1.54) is 18.1 Å². The molecule has 6 N–H and O–H groups in total. The minimum absolute atomic E-state index is 0.0410. The summed E-state index contributed by atoms with van der Waals surface area (Å²) in [5.41, 5.74) is 2.20. The maximum atomic E-state index is 14.7. The van der Waals surface area contributed by atoms with E-state index in [4.69, 9.17) is 103 Å². The quantitative estimate of drug-likeness (QED) is 0.0210. The van der Waals surface area contributed by atoms with Gasteiger partial charge < -0.3 is 111 Å². The van der Waals surface area contributed by atoms with Crippen molar-refractivity contribution >= 4 is 51.0 Å². The summed E-state index contributed by atoms with van der Waals surface area (Å²) in [6, 6.07) is 6.49. The van der Waals surface area contributed by atoms with Gasteiger partial charge in [-0.3, -0.25) is 4.79 Å². The number of aromatic nitrogens is 2. The summed E-state index contributed by atoms with van der Waals surface area (Å²) in [6.45, 7) is 7.93. The number of hydrogen-bond donors (Lipinski definition) is 6. The Bertz CT molecular complexity index is 2280. The van der Waals surface area contributed by atoms with Gasteiger partial charge in [0.25, 0.3) is 5.91 Å². The summed E-state index contributed by atoms with van der Waals surface area (Å²) in [6.07, 6.45) is 0. The minimum atomic E-state index is -0.616. The molecule has 5 rings (SSSR count). The minimum Gasteiger partial charge on any atom is -0.506 e. The van der Waals surface area contributed by atoms with Gasteiger partial charge in [-0.15, -0.1) is 11.6 Å². The number of aliphatic hydroxyl groups excluding tert-OH is 3. The molecule has 0 radical (unpaired) electrons. The summed E-state index contributed by atoms with van der Waals surface area (Å²) >= 11 is 6.53. The number of rotatable bonds is 48. The molecule has 0 unspecified atom stereocenters. The molecule has 1 atom stereocenters. The fourth-order valence-electron chi connectivity index (χ4n) is 7.83. The lowest BCUT2D eigenvalue weighted by atomic mass is 9.98. The van der Waals surface area contributed by atoms with Crippen molar-refractivity contribution in [2.75, 3.05) is 223 Å². The van der Waals surface area contributed by atoms with Crippen molar-refractivity contribution < 1.29 is 106 Å². The van der Waals surface area contributed by atoms with E-state index < -0.39 is 11.9 Å². The van der Waals surface area contributed by atoms with E-state index in [1.54, 1.807) is 18.2 Å². The van der Waals surface area contributed by atoms with Gasteiger partial charge in [-0.1, -0.05) is 0 Å². The van der Waals surface area contributed by atoms with Crippen molar-refractivity contribution in [3.05, 3.63) is 41.2 Å². The van der Waals surface area contributed by atoms with Crippen LogP contribution in [-0.4, -0.2) is 260 Å². The van der Waals surface area contributed by atoms with Crippen LogP contribution in [0.4, 0.5) is 5.69 Å². The number of aromatic hydroxyl groups is 1. The van der Waals surface area contributed by atoms with Crippen LogP contribution in [-0.2, 0) is 61.6 Å². The molecule has 4 aromatic rings. The smallest absolute Gasteiger partial charge is 0.354 e. The molecule has 1 aliphatic heterocycles.